The molecule has 0 saturated carbocycles. The normalized spacial score (nSPS) is 14.1. The zero-order chi connectivity index (χ0) is 16.9. The molecular formula is C20H24FNO. The van der Waals surface area contributed by atoms with Crippen LogP contribution < -0.4 is 4.74 Å². The number of likely N-dealkylation sites (N-methyl/N-ethyl adjacent to an activating group) is 1. The predicted molar refractivity (Wildman–Crippen MR) is 93.7 cm³/mol. The van der Waals surface area contributed by atoms with Gasteiger partial charge in [0.15, 0.2) is 0 Å². The Morgan fingerprint density at radius 3 is 2.87 bits per heavy atom. The summed E-state index contributed by atoms with van der Waals surface area (Å²) in [7, 11) is 2.04. The standard InChI is InChI=1S/C20H24FNO/c1-20(2,3)11-6-5-7-12-22(4)15-16-10-13-23-19-9-8-17(21)14-18(16)19/h5,7-10,14H,12-13,15H2,1-4H3/b7-5+. The third-order valence-electron chi connectivity index (χ3n) is 3.36. The molecule has 23 heavy (non-hydrogen) atoms. The van der Waals surface area contributed by atoms with E-state index < -0.39 is 0 Å². The third-order valence-corrected chi connectivity index (χ3v) is 3.36. The fourth-order valence-electron chi connectivity index (χ4n) is 2.28. The number of benzene rings is 1. The van der Waals surface area contributed by atoms with E-state index in [2.05, 4.69) is 37.5 Å². The average Bonchev–Trinajstić information content (AvgIpc) is 2.46. The summed E-state index contributed by atoms with van der Waals surface area (Å²) in [4.78, 5) is 2.17. The number of fused-ring (bicyclic) bond motifs is 1. The van der Waals surface area contributed by atoms with Gasteiger partial charge in [0.1, 0.15) is 18.2 Å². The molecule has 2 rings (SSSR count). The van der Waals surface area contributed by atoms with Gasteiger partial charge >= 0.3 is 0 Å². The summed E-state index contributed by atoms with van der Waals surface area (Å²) in [6.45, 7) is 8.35. The second-order valence-corrected chi connectivity index (χ2v) is 6.80. The zero-order valence-electron chi connectivity index (χ0n) is 14.3. The number of ether oxygens (including phenoxy) is 1. The minimum absolute atomic E-state index is 0.0247. The first-order valence-corrected chi connectivity index (χ1v) is 7.83. The first kappa shape index (κ1) is 17.3. The first-order chi connectivity index (χ1) is 10.8. The summed E-state index contributed by atoms with van der Waals surface area (Å²) in [5.41, 5.74) is 1.97. The Morgan fingerprint density at radius 1 is 1.35 bits per heavy atom. The van der Waals surface area contributed by atoms with E-state index in [1.807, 2.05) is 25.3 Å². The first-order valence-electron chi connectivity index (χ1n) is 7.83. The van der Waals surface area contributed by atoms with Gasteiger partial charge in [0.2, 0.25) is 0 Å². The van der Waals surface area contributed by atoms with Crippen LogP contribution in [0.4, 0.5) is 4.39 Å². The van der Waals surface area contributed by atoms with Crippen LogP contribution in [0.25, 0.3) is 5.57 Å². The van der Waals surface area contributed by atoms with Crippen molar-refractivity contribution in [2.45, 2.75) is 20.8 Å². The highest BCUT2D eigenvalue weighted by atomic mass is 19.1. The van der Waals surface area contributed by atoms with E-state index >= 15 is 0 Å². The molecule has 1 aromatic carbocycles. The Bertz CT molecular complexity index is 671. The summed E-state index contributed by atoms with van der Waals surface area (Å²) in [5, 5.41) is 0. The van der Waals surface area contributed by atoms with Gasteiger partial charge < -0.3 is 4.74 Å². The number of allylic oxidation sites excluding steroid dienone is 1. The molecule has 0 atom stereocenters. The van der Waals surface area contributed by atoms with Gasteiger partial charge in [-0.1, -0.05) is 17.9 Å². The lowest BCUT2D eigenvalue weighted by Gasteiger charge is -2.22. The Morgan fingerprint density at radius 2 is 2.13 bits per heavy atom. The van der Waals surface area contributed by atoms with Crippen molar-refractivity contribution in [2.75, 3.05) is 26.7 Å². The van der Waals surface area contributed by atoms with Gasteiger partial charge in [-0.05, 0) is 63.7 Å². The summed E-state index contributed by atoms with van der Waals surface area (Å²) >= 11 is 0. The van der Waals surface area contributed by atoms with Crippen molar-refractivity contribution >= 4 is 5.57 Å². The highest BCUT2D eigenvalue weighted by Gasteiger charge is 2.15. The zero-order valence-corrected chi connectivity index (χ0v) is 14.3. The second kappa shape index (κ2) is 7.48. The minimum Gasteiger partial charge on any atom is -0.489 e. The molecule has 0 amide bonds. The van der Waals surface area contributed by atoms with Crippen LogP contribution in [0.2, 0.25) is 0 Å². The van der Waals surface area contributed by atoms with Crippen LogP contribution in [-0.4, -0.2) is 31.6 Å². The highest BCUT2D eigenvalue weighted by Crippen LogP contribution is 2.30. The molecule has 3 heteroatoms. The van der Waals surface area contributed by atoms with E-state index in [-0.39, 0.29) is 11.2 Å². The fraction of sp³-hybridized carbons (Fsp3) is 0.400. The maximum atomic E-state index is 13.5. The largest absolute Gasteiger partial charge is 0.489 e. The summed E-state index contributed by atoms with van der Waals surface area (Å²) < 4.78 is 19.0. The van der Waals surface area contributed by atoms with Gasteiger partial charge in [0.05, 0.1) is 0 Å². The molecule has 0 spiro atoms. The fourth-order valence-corrected chi connectivity index (χ4v) is 2.28. The van der Waals surface area contributed by atoms with Crippen molar-refractivity contribution in [3.05, 3.63) is 47.8 Å². The van der Waals surface area contributed by atoms with Crippen LogP contribution in [0.5, 0.6) is 5.75 Å². The van der Waals surface area contributed by atoms with Crippen LogP contribution in [0.15, 0.2) is 36.4 Å². The van der Waals surface area contributed by atoms with E-state index in [1.165, 1.54) is 6.07 Å². The van der Waals surface area contributed by atoms with Crippen LogP contribution in [0.1, 0.15) is 26.3 Å². The molecule has 0 unspecified atom stereocenters. The Labute approximate surface area is 138 Å². The van der Waals surface area contributed by atoms with Crippen molar-refractivity contribution in [2.24, 2.45) is 5.41 Å². The van der Waals surface area contributed by atoms with E-state index in [0.717, 1.165) is 30.0 Å². The molecule has 0 N–H and O–H groups in total. The molecule has 0 saturated heterocycles. The second-order valence-electron chi connectivity index (χ2n) is 6.80. The molecule has 122 valence electrons. The van der Waals surface area contributed by atoms with Crippen molar-refractivity contribution in [3.63, 3.8) is 0 Å². The van der Waals surface area contributed by atoms with Crippen LogP contribution >= 0.6 is 0 Å². The molecule has 2 nitrogen and oxygen atoms in total. The average molecular weight is 313 g/mol. The van der Waals surface area contributed by atoms with E-state index in [0.29, 0.717) is 6.61 Å². The van der Waals surface area contributed by atoms with Crippen molar-refractivity contribution < 1.29 is 9.13 Å². The minimum atomic E-state index is -0.236. The maximum Gasteiger partial charge on any atom is 0.127 e. The monoisotopic (exact) mass is 313 g/mol. The molecular weight excluding hydrogens is 289 g/mol. The van der Waals surface area contributed by atoms with E-state index in [1.54, 1.807) is 12.1 Å². The third kappa shape index (κ3) is 5.58. The molecule has 0 aliphatic carbocycles. The van der Waals surface area contributed by atoms with Crippen molar-refractivity contribution in [1.29, 1.82) is 0 Å². The Hall–Kier alpha value is -2.05. The lowest BCUT2D eigenvalue weighted by molar-refractivity contribution is 0.351. The lowest BCUT2D eigenvalue weighted by atomic mass is 9.98. The predicted octanol–water partition coefficient (Wildman–Crippen LogP) is 4.14. The molecule has 1 aliphatic rings. The van der Waals surface area contributed by atoms with Gasteiger partial charge in [-0.25, -0.2) is 4.39 Å². The van der Waals surface area contributed by atoms with Gasteiger partial charge in [-0.2, -0.15) is 0 Å². The van der Waals surface area contributed by atoms with Crippen LogP contribution in [0.3, 0.4) is 0 Å². The van der Waals surface area contributed by atoms with Gasteiger partial charge in [0, 0.05) is 24.1 Å². The van der Waals surface area contributed by atoms with E-state index in [4.69, 9.17) is 4.74 Å². The van der Waals surface area contributed by atoms with Crippen LogP contribution in [-0.2, 0) is 0 Å². The molecule has 1 heterocycles. The summed E-state index contributed by atoms with van der Waals surface area (Å²) in [6.07, 6.45) is 5.96. The van der Waals surface area contributed by atoms with Gasteiger partial charge in [-0.3, -0.25) is 4.90 Å². The number of hydrogen-bond donors (Lipinski definition) is 0. The molecule has 0 aromatic heterocycles. The Balaban J connectivity index is 1.95. The van der Waals surface area contributed by atoms with Crippen molar-refractivity contribution in [1.82, 2.24) is 4.90 Å². The number of halogens is 1. The maximum absolute atomic E-state index is 13.5. The van der Waals surface area contributed by atoms with Crippen molar-refractivity contribution in [3.8, 4) is 17.6 Å². The highest BCUT2D eigenvalue weighted by molar-refractivity contribution is 5.73. The topological polar surface area (TPSA) is 12.5 Å². The number of nitrogens with zero attached hydrogens (tertiary/aromatic N) is 1. The molecule has 0 bridgehead atoms. The molecule has 1 aromatic rings. The quantitative estimate of drug-likeness (QED) is 0.775. The van der Waals surface area contributed by atoms with Gasteiger partial charge in [-0.15, -0.1) is 0 Å². The summed E-state index contributed by atoms with van der Waals surface area (Å²) in [6, 6.07) is 4.67. The number of hydrogen-bond acceptors (Lipinski definition) is 2. The molecule has 0 radical (unpaired) electrons. The molecule has 1 aliphatic heterocycles. The Kier molecular flexibility index (Phi) is 5.63. The lowest BCUT2D eigenvalue weighted by Crippen LogP contribution is -2.22. The van der Waals surface area contributed by atoms with Gasteiger partial charge in [0.25, 0.3) is 0 Å². The SMILES string of the molecule is CN(C/C=C/C#CC(C)(C)C)CC1=CCOc2ccc(F)cc21. The smallest absolute Gasteiger partial charge is 0.127 e. The summed E-state index contributed by atoms with van der Waals surface area (Å²) in [5.74, 6) is 6.75. The molecule has 0 fully saturated rings. The van der Waals surface area contributed by atoms with E-state index in [9.17, 15) is 4.39 Å². The number of rotatable bonds is 4. The van der Waals surface area contributed by atoms with Crippen LogP contribution in [0, 0.1) is 23.1 Å².